The second-order valence-electron chi connectivity index (χ2n) is 9.19. The summed E-state index contributed by atoms with van der Waals surface area (Å²) in [7, 11) is 0. The standard InChI is InChI=1S/C29H29Cl2N3O4/c1-18(30)14-15-21(19(2)31)26-25(28(36)33-38-17-20-9-4-3-5-10-20)22-11-6-7-12-23(22)29(37)34(26)24-13-8-16-32-27(24)35/h3-7,9-12,14-15,24-26H,2,8,13,16-17H2,1H3,(H,32,35)(H,33,36)/b18-14+,21-15+/t24-,25-,26+/m1/s1. The molecule has 7 nitrogen and oxygen atoms in total. The van der Waals surface area contributed by atoms with Gasteiger partial charge in [0, 0.05) is 22.2 Å². The van der Waals surface area contributed by atoms with Crippen LogP contribution in [0.4, 0.5) is 0 Å². The number of carbonyl (C=O) groups excluding carboxylic acids is 3. The van der Waals surface area contributed by atoms with E-state index in [0.29, 0.717) is 41.1 Å². The molecule has 2 aromatic carbocycles. The molecule has 3 amide bonds. The molecule has 2 aromatic rings. The molecule has 2 N–H and O–H groups in total. The van der Waals surface area contributed by atoms with E-state index in [4.69, 9.17) is 28.0 Å². The lowest BCUT2D eigenvalue weighted by atomic mass is 9.77. The van der Waals surface area contributed by atoms with Gasteiger partial charge in [0.15, 0.2) is 0 Å². The van der Waals surface area contributed by atoms with E-state index >= 15 is 0 Å². The van der Waals surface area contributed by atoms with E-state index in [1.807, 2.05) is 30.3 Å². The SMILES string of the molecule is C=C(Cl)/C(=C\C=C(/C)Cl)[C@H]1[C@H](C(=O)NOCc2ccccc2)c2ccccc2C(=O)N1[C@@H]1CCCNC1=O. The molecule has 0 aliphatic carbocycles. The summed E-state index contributed by atoms with van der Waals surface area (Å²) >= 11 is 12.6. The van der Waals surface area contributed by atoms with Crippen molar-refractivity contribution in [3.8, 4) is 0 Å². The normalized spacial score (nSPS) is 22.0. The zero-order valence-electron chi connectivity index (χ0n) is 21.0. The number of nitrogens with one attached hydrogen (secondary N) is 2. The van der Waals surface area contributed by atoms with Crippen LogP contribution in [-0.2, 0) is 21.0 Å². The zero-order chi connectivity index (χ0) is 27.2. The van der Waals surface area contributed by atoms with E-state index in [1.54, 1.807) is 43.3 Å². The van der Waals surface area contributed by atoms with Crippen LogP contribution in [0.3, 0.4) is 0 Å². The molecular weight excluding hydrogens is 525 g/mol. The lowest BCUT2D eigenvalue weighted by molar-refractivity contribution is -0.139. The Labute approximate surface area is 232 Å². The molecule has 0 aromatic heterocycles. The van der Waals surface area contributed by atoms with Gasteiger partial charge < -0.3 is 10.2 Å². The Balaban J connectivity index is 1.81. The van der Waals surface area contributed by atoms with Gasteiger partial charge in [-0.15, -0.1) is 0 Å². The number of nitrogens with zero attached hydrogens (tertiary/aromatic N) is 1. The maximum absolute atomic E-state index is 13.9. The van der Waals surface area contributed by atoms with Crippen LogP contribution >= 0.6 is 23.2 Å². The third-order valence-corrected chi connectivity index (χ3v) is 6.97. The number of amides is 3. The first kappa shape index (κ1) is 27.6. The molecule has 1 saturated heterocycles. The molecule has 1 fully saturated rings. The van der Waals surface area contributed by atoms with Crippen molar-refractivity contribution in [2.24, 2.45) is 0 Å². The number of hydrogen-bond acceptors (Lipinski definition) is 4. The lowest BCUT2D eigenvalue weighted by Gasteiger charge is -2.46. The summed E-state index contributed by atoms with van der Waals surface area (Å²) in [5.74, 6) is -2.07. The minimum Gasteiger partial charge on any atom is -0.354 e. The Bertz CT molecular complexity index is 1290. The number of rotatable bonds is 8. The molecule has 198 valence electrons. The number of halogens is 2. The van der Waals surface area contributed by atoms with Gasteiger partial charge in [0.05, 0.1) is 18.6 Å². The summed E-state index contributed by atoms with van der Waals surface area (Å²) in [4.78, 5) is 47.8. The maximum Gasteiger partial charge on any atom is 0.255 e. The van der Waals surface area contributed by atoms with Gasteiger partial charge in [0.2, 0.25) is 5.91 Å². The molecular formula is C29H29Cl2N3O4. The van der Waals surface area contributed by atoms with Crippen LogP contribution in [0.1, 0.15) is 47.2 Å². The van der Waals surface area contributed by atoms with Crippen molar-refractivity contribution in [3.63, 3.8) is 0 Å². The summed E-state index contributed by atoms with van der Waals surface area (Å²) in [6.07, 6.45) is 4.40. The molecule has 2 aliphatic rings. The monoisotopic (exact) mass is 553 g/mol. The van der Waals surface area contributed by atoms with Gasteiger partial charge in [-0.1, -0.05) is 84.4 Å². The van der Waals surface area contributed by atoms with E-state index < -0.39 is 23.9 Å². The van der Waals surface area contributed by atoms with Crippen LogP contribution in [-0.4, -0.2) is 41.2 Å². The van der Waals surface area contributed by atoms with Gasteiger partial charge in [-0.3, -0.25) is 19.2 Å². The van der Waals surface area contributed by atoms with Crippen LogP contribution in [0, 0.1) is 0 Å². The molecule has 0 unspecified atom stereocenters. The van der Waals surface area contributed by atoms with Crippen molar-refractivity contribution in [2.75, 3.05) is 6.54 Å². The quantitative estimate of drug-likeness (QED) is 0.358. The van der Waals surface area contributed by atoms with Crippen LogP contribution in [0.25, 0.3) is 0 Å². The summed E-state index contributed by atoms with van der Waals surface area (Å²) in [5, 5.41) is 3.44. The van der Waals surface area contributed by atoms with Crippen molar-refractivity contribution < 1.29 is 19.2 Å². The van der Waals surface area contributed by atoms with E-state index in [9.17, 15) is 14.4 Å². The van der Waals surface area contributed by atoms with Gasteiger partial charge in [0.1, 0.15) is 6.04 Å². The van der Waals surface area contributed by atoms with Gasteiger partial charge >= 0.3 is 0 Å². The molecule has 4 rings (SSSR count). The first-order chi connectivity index (χ1) is 18.3. The average Bonchev–Trinajstić information content (AvgIpc) is 2.90. The van der Waals surface area contributed by atoms with Crippen LogP contribution in [0.15, 0.2) is 89.0 Å². The second kappa shape index (κ2) is 12.4. The number of allylic oxidation sites excluding steroid dienone is 3. The minimum absolute atomic E-state index is 0.126. The largest absolute Gasteiger partial charge is 0.354 e. The van der Waals surface area contributed by atoms with Gasteiger partial charge in [-0.25, -0.2) is 5.48 Å². The molecule has 3 atom stereocenters. The summed E-state index contributed by atoms with van der Waals surface area (Å²) in [6.45, 7) is 6.28. The fourth-order valence-electron chi connectivity index (χ4n) is 4.91. The molecule has 38 heavy (non-hydrogen) atoms. The van der Waals surface area contributed by atoms with Crippen LogP contribution < -0.4 is 10.8 Å². The predicted molar refractivity (Wildman–Crippen MR) is 147 cm³/mol. The minimum atomic E-state index is -0.944. The van der Waals surface area contributed by atoms with Crippen LogP contribution in [0.5, 0.6) is 0 Å². The van der Waals surface area contributed by atoms with Crippen molar-refractivity contribution >= 4 is 40.9 Å². The fraction of sp³-hybridized carbons (Fsp3) is 0.276. The molecule has 2 aliphatic heterocycles. The Morgan fingerprint density at radius 2 is 1.84 bits per heavy atom. The predicted octanol–water partition coefficient (Wildman–Crippen LogP) is 4.94. The van der Waals surface area contributed by atoms with Crippen molar-refractivity contribution in [1.82, 2.24) is 15.7 Å². The number of hydroxylamine groups is 1. The van der Waals surface area contributed by atoms with Crippen LogP contribution in [0.2, 0.25) is 0 Å². The summed E-state index contributed by atoms with van der Waals surface area (Å²) in [5.41, 5.74) is 4.68. The Kier molecular flexibility index (Phi) is 9.05. The maximum atomic E-state index is 13.9. The van der Waals surface area contributed by atoms with Gasteiger partial charge in [-0.2, -0.15) is 0 Å². The van der Waals surface area contributed by atoms with Crippen molar-refractivity contribution in [1.29, 1.82) is 0 Å². The number of benzene rings is 2. The third kappa shape index (κ3) is 6.01. The van der Waals surface area contributed by atoms with E-state index in [0.717, 1.165) is 5.56 Å². The molecule has 0 spiro atoms. The van der Waals surface area contributed by atoms with E-state index in [2.05, 4.69) is 17.4 Å². The highest BCUT2D eigenvalue weighted by molar-refractivity contribution is 6.32. The number of piperidine rings is 1. The zero-order valence-corrected chi connectivity index (χ0v) is 22.5. The Morgan fingerprint density at radius 3 is 2.53 bits per heavy atom. The second-order valence-corrected chi connectivity index (χ2v) is 10.2. The highest BCUT2D eigenvalue weighted by Gasteiger charge is 2.49. The average molecular weight is 554 g/mol. The number of fused-ring (bicyclic) bond motifs is 1. The lowest BCUT2D eigenvalue weighted by Crippen LogP contribution is -2.61. The smallest absolute Gasteiger partial charge is 0.255 e. The highest BCUT2D eigenvalue weighted by atomic mass is 35.5. The topological polar surface area (TPSA) is 87.7 Å². The number of hydrogen-bond donors (Lipinski definition) is 2. The van der Waals surface area contributed by atoms with E-state index in [1.165, 1.54) is 4.90 Å². The summed E-state index contributed by atoms with van der Waals surface area (Å²) < 4.78 is 0. The third-order valence-electron chi connectivity index (χ3n) is 6.63. The fourth-order valence-corrected chi connectivity index (χ4v) is 5.15. The molecule has 0 bridgehead atoms. The van der Waals surface area contributed by atoms with Crippen molar-refractivity contribution in [2.45, 2.75) is 44.4 Å². The van der Waals surface area contributed by atoms with Gasteiger partial charge in [-0.05, 0) is 48.6 Å². The summed E-state index contributed by atoms with van der Waals surface area (Å²) in [6, 6.07) is 14.6. The van der Waals surface area contributed by atoms with E-state index in [-0.39, 0.29) is 23.5 Å². The molecule has 2 heterocycles. The molecule has 9 heteroatoms. The molecule has 0 saturated carbocycles. The first-order valence-electron chi connectivity index (χ1n) is 12.3. The Morgan fingerprint density at radius 1 is 1.13 bits per heavy atom. The van der Waals surface area contributed by atoms with Gasteiger partial charge in [0.25, 0.3) is 11.8 Å². The Hall–Kier alpha value is -3.39. The first-order valence-corrected chi connectivity index (χ1v) is 13.1. The number of carbonyl (C=O) groups is 3. The van der Waals surface area contributed by atoms with Crippen molar-refractivity contribution in [3.05, 3.63) is 106 Å². The molecule has 0 radical (unpaired) electrons. The highest BCUT2D eigenvalue weighted by Crippen LogP contribution is 2.41.